The van der Waals surface area contributed by atoms with Gasteiger partial charge in [0.1, 0.15) is 6.10 Å². The monoisotopic (exact) mass is 289 g/mol. The number of halogens is 1. The lowest BCUT2D eigenvalue weighted by Crippen LogP contribution is -1.99. The summed E-state index contributed by atoms with van der Waals surface area (Å²) in [7, 11) is 0. The van der Waals surface area contributed by atoms with Crippen LogP contribution in [0, 0.1) is 6.92 Å². The Kier molecular flexibility index (Phi) is 3.12. The molecule has 0 saturated heterocycles. The third-order valence-electron chi connectivity index (χ3n) is 3.27. The first-order valence-corrected chi connectivity index (χ1v) is 6.49. The van der Waals surface area contributed by atoms with Crippen LogP contribution in [-0.4, -0.2) is 10.1 Å². The topological polar surface area (TPSA) is 66.2 Å². The second kappa shape index (κ2) is 4.81. The lowest BCUT2D eigenvalue weighted by molar-refractivity contribution is 0.220. The van der Waals surface area contributed by atoms with E-state index in [-0.39, 0.29) is 0 Å². The number of aryl methyl sites for hydroxylation is 1. The molecule has 0 aliphatic rings. The molecule has 102 valence electrons. The van der Waals surface area contributed by atoms with E-state index in [4.69, 9.17) is 16.0 Å². The van der Waals surface area contributed by atoms with Crippen LogP contribution in [-0.2, 0) is 0 Å². The minimum Gasteiger partial charge on any atom is -0.408 e. The van der Waals surface area contributed by atoms with Gasteiger partial charge in [0.15, 0.2) is 5.58 Å². The van der Waals surface area contributed by atoms with E-state index in [2.05, 4.69) is 4.98 Å². The zero-order chi connectivity index (χ0) is 14.3. The maximum atomic E-state index is 11.1. The van der Waals surface area contributed by atoms with Crippen LogP contribution in [0.3, 0.4) is 0 Å². The minimum atomic E-state index is -0.822. The van der Waals surface area contributed by atoms with Crippen molar-refractivity contribution in [1.82, 2.24) is 4.98 Å². The molecule has 1 unspecified atom stereocenters. The summed E-state index contributed by atoms with van der Waals surface area (Å²) in [4.78, 5) is 13.7. The normalized spacial score (nSPS) is 12.8. The van der Waals surface area contributed by atoms with Crippen LogP contribution in [0.4, 0.5) is 0 Å². The number of fused-ring (bicyclic) bond motifs is 1. The van der Waals surface area contributed by atoms with E-state index in [9.17, 15) is 9.90 Å². The number of oxazole rings is 1. The Balaban J connectivity index is 2.04. The summed E-state index contributed by atoms with van der Waals surface area (Å²) in [5.41, 5.74) is 3.31. The Labute approximate surface area is 119 Å². The average molecular weight is 290 g/mol. The molecule has 0 amide bonds. The third kappa shape index (κ3) is 2.24. The molecule has 0 aliphatic carbocycles. The molecule has 20 heavy (non-hydrogen) atoms. The fourth-order valence-electron chi connectivity index (χ4n) is 2.10. The van der Waals surface area contributed by atoms with Crippen molar-refractivity contribution in [3.8, 4) is 0 Å². The molecule has 4 nitrogen and oxygen atoms in total. The van der Waals surface area contributed by atoms with Crippen LogP contribution in [0.25, 0.3) is 11.1 Å². The molecule has 0 bridgehead atoms. The summed E-state index contributed by atoms with van der Waals surface area (Å²) >= 11 is 6.07. The molecule has 1 heterocycles. The number of aliphatic hydroxyl groups excluding tert-OH is 1. The van der Waals surface area contributed by atoms with Crippen molar-refractivity contribution in [3.63, 3.8) is 0 Å². The zero-order valence-corrected chi connectivity index (χ0v) is 11.4. The van der Waals surface area contributed by atoms with Gasteiger partial charge in [-0.2, -0.15) is 0 Å². The summed E-state index contributed by atoms with van der Waals surface area (Å²) < 4.78 is 4.99. The molecule has 0 spiro atoms. The van der Waals surface area contributed by atoms with E-state index in [0.29, 0.717) is 27.2 Å². The highest BCUT2D eigenvalue weighted by Crippen LogP contribution is 2.27. The molecule has 0 aliphatic heterocycles. The van der Waals surface area contributed by atoms with Crippen LogP contribution >= 0.6 is 11.6 Å². The molecule has 1 atom stereocenters. The van der Waals surface area contributed by atoms with Crippen LogP contribution in [0.2, 0.25) is 5.02 Å². The van der Waals surface area contributed by atoms with Crippen LogP contribution in [0.5, 0.6) is 0 Å². The van der Waals surface area contributed by atoms with Gasteiger partial charge >= 0.3 is 5.76 Å². The molecule has 2 N–H and O–H groups in total. The van der Waals surface area contributed by atoms with Crippen LogP contribution in [0.15, 0.2) is 45.6 Å². The lowest BCUT2D eigenvalue weighted by Gasteiger charge is -2.12. The highest BCUT2D eigenvalue weighted by Gasteiger charge is 2.13. The van der Waals surface area contributed by atoms with Gasteiger partial charge in [-0.1, -0.05) is 29.8 Å². The molecule has 2 aromatic carbocycles. The second-order valence-electron chi connectivity index (χ2n) is 4.68. The molecule has 5 heteroatoms. The first-order chi connectivity index (χ1) is 9.54. The van der Waals surface area contributed by atoms with Gasteiger partial charge in [0.2, 0.25) is 0 Å². The van der Waals surface area contributed by atoms with E-state index in [1.807, 2.05) is 19.1 Å². The van der Waals surface area contributed by atoms with Crippen molar-refractivity contribution in [3.05, 3.63) is 68.7 Å². The Bertz CT molecular complexity index is 834. The quantitative estimate of drug-likeness (QED) is 0.761. The van der Waals surface area contributed by atoms with Crippen LogP contribution in [0.1, 0.15) is 22.8 Å². The first-order valence-electron chi connectivity index (χ1n) is 6.11. The molecule has 0 radical (unpaired) electrons. The Hall–Kier alpha value is -2.04. The molecule has 0 fully saturated rings. The number of benzene rings is 2. The van der Waals surface area contributed by atoms with Gasteiger partial charge in [0.05, 0.1) is 5.52 Å². The zero-order valence-electron chi connectivity index (χ0n) is 10.7. The number of aliphatic hydroxyl groups is 1. The van der Waals surface area contributed by atoms with E-state index in [0.717, 1.165) is 5.56 Å². The SMILES string of the molecule is Cc1ccc(C(O)c2ccc3[nH]c(=O)oc3c2)cc1Cl. The summed E-state index contributed by atoms with van der Waals surface area (Å²) in [5, 5.41) is 11.0. The number of aromatic amines is 1. The number of nitrogens with one attached hydrogen (secondary N) is 1. The van der Waals surface area contributed by atoms with Gasteiger partial charge in [0, 0.05) is 5.02 Å². The number of hydrogen-bond donors (Lipinski definition) is 2. The highest BCUT2D eigenvalue weighted by atomic mass is 35.5. The van der Waals surface area contributed by atoms with Gasteiger partial charge in [0.25, 0.3) is 0 Å². The molecular formula is C15H12ClNO3. The average Bonchev–Trinajstić information content (AvgIpc) is 2.80. The largest absolute Gasteiger partial charge is 0.417 e. The molecule has 1 aromatic heterocycles. The van der Waals surface area contributed by atoms with Gasteiger partial charge < -0.3 is 9.52 Å². The molecule has 0 saturated carbocycles. The van der Waals surface area contributed by atoms with E-state index < -0.39 is 11.9 Å². The number of H-pyrrole nitrogens is 1. The summed E-state index contributed by atoms with van der Waals surface area (Å²) in [6.45, 7) is 1.90. The maximum Gasteiger partial charge on any atom is 0.417 e. The Morgan fingerprint density at radius 3 is 2.65 bits per heavy atom. The first kappa shape index (κ1) is 13.0. The Morgan fingerprint density at radius 2 is 1.90 bits per heavy atom. The van der Waals surface area contributed by atoms with Crippen molar-refractivity contribution in [2.75, 3.05) is 0 Å². The number of aromatic nitrogens is 1. The number of rotatable bonds is 2. The fourth-order valence-corrected chi connectivity index (χ4v) is 2.29. The second-order valence-corrected chi connectivity index (χ2v) is 5.09. The summed E-state index contributed by atoms with van der Waals surface area (Å²) in [6.07, 6.45) is -0.822. The van der Waals surface area contributed by atoms with Crippen molar-refractivity contribution in [2.24, 2.45) is 0 Å². The van der Waals surface area contributed by atoms with Gasteiger partial charge in [-0.25, -0.2) is 4.79 Å². The highest BCUT2D eigenvalue weighted by molar-refractivity contribution is 6.31. The molecule has 3 rings (SSSR count). The lowest BCUT2D eigenvalue weighted by atomic mass is 10.0. The predicted octanol–water partition coefficient (Wildman–Crippen LogP) is 3.16. The van der Waals surface area contributed by atoms with Crippen LogP contribution < -0.4 is 5.76 Å². The van der Waals surface area contributed by atoms with Crippen molar-refractivity contribution >= 4 is 22.7 Å². The number of hydrogen-bond acceptors (Lipinski definition) is 3. The fraction of sp³-hybridized carbons (Fsp3) is 0.133. The van der Waals surface area contributed by atoms with E-state index in [1.54, 1.807) is 24.3 Å². The minimum absolute atomic E-state index is 0.421. The molecular weight excluding hydrogens is 278 g/mol. The summed E-state index contributed by atoms with van der Waals surface area (Å²) in [5.74, 6) is -0.509. The van der Waals surface area contributed by atoms with Crippen molar-refractivity contribution < 1.29 is 9.52 Å². The van der Waals surface area contributed by atoms with Gasteiger partial charge in [-0.3, -0.25) is 4.98 Å². The molecule has 3 aromatic rings. The van der Waals surface area contributed by atoms with E-state index >= 15 is 0 Å². The maximum absolute atomic E-state index is 11.1. The van der Waals surface area contributed by atoms with E-state index in [1.165, 1.54) is 0 Å². The van der Waals surface area contributed by atoms with Gasteiger partial charge in [-0.15, -0.1) is 0 Å². The van der Waals surface area contributed by atoms with Crippen molar-refractivity contribution in [2.45, 2.75) is 13.0 Å². The summed E-state index contributed by atoms with van der Waals surface area (Å²) in [6, 6.07) is 10.5. The third-order valence-corrected chi connectivity index (χ3v) is 3.68. The Morgan fingerprint density at radius 1 is 1.20 bits per heavy atom. The standard InChI is InChI=1S/C15H12ClNO3/c1-8-2-3-9(6-11(8)16)14(18)10-4-5-12-13(7-10)20-15(19)17-12/h2-7,14,18H,1H3,(H,17,19). The van der Waals surface area contributed by atoms with Crippen molar-refractivity contribution in [1.29, 1.82) is 0 Å². The predicted molar refractivity (Wildman–Crippen MR) is 77.1 cm³/mol. The smallest absolute Gasteiger partial charge is 0.408 e. The van der Waals surface area contributed by atoms with Gasteiger partial charge in [-0.05, 0) is 41.8 Å².